The summed E-state index contributed by atoms with van der Waals surface area (Å²) in [5.74, 6) is -1.57. The van der Waals surface area contributed by atoms with Gasteiger partial charge in [0.05, 0.1) is 15.8 Å². The van der Waals surface area contributed by atoms with Crippen molar-refractivity contribution >= 4 is 45.6 Å². The molecule has 1 atom stereocenters. The fraction of sp³-hybridized carbons (Fsp3) is 0.217. The molecule has 1 amide bonds. The quantitative estimate of drug-likeness (QED) is 0.308. The van der Waals surface area contributed by atoms with Crippen LogP contribution in [0.1, 0.15) is 27.9 Å². The van der Waals surface area contributed by atoms with Crippen LogP contribution in [0.15, 0.2) is 53.7 Å². The monoisotopic (exact) mass is 516 g/mol. The lowest BCUT2D eigenvalue weighted by molar-refractivity contribution is -0.275. The van der Waals surface area contributed by atoms with Crippen molar-refractivity contribution in [2.75, 3.05) is 13.2 Å². The van der Waals surface area contributed by atoms with E-state index in [1.54, 1.807) is 24.3 Å². The van der Waals surface area contributed by atoms with E-state index >= 15 is 0 Å². The number of nitrogens with zero attached hydrogens (tertiary/aromatic N) is 1. The van der Waals surface area contributed by atoms with Crippen molar-refractivity contribution < 1.29 is 31.6 Å². The normalized spacial score (nSPS) is 18.0. The third-order valence-electron chi connectivity index (χ3n) is 5.50. The van der Waals surface area contributed by atoms with Gasteiger partial charge in [-0.2, -0.15) is 13.2 Å². The molecule has 1 aliphatic heterocycles. The molecule has 0 aliphatic carbocycles. The molecule has 1 aliphatic rings. The number of carbonyl (C=O) groups is 1. The second-order valence-corrected chi connectivity index (χ2v) is 8.35. The topological polar surface area (TPSA) is 50.7 Å². The standard InChI is InChI=1S/C23H15Cl2F5N2O2/c24-17-9-12(10-18(25)20(17)27)22(23(28,29)30)11-19(32-34-22)15-5-6-16(21(33)31-8-7-26)14-4-2-1-3-13(14)15/h1-6,9-10H,7-8,11H2,(H,31,33). The molecule has 0 saturated carbocycles. The third-order valence-corrected chi connectivity index (χ3v) is 6.05. The number of halogens is 7. The number of rotatable bonds is 5. The Balaban J connectivity index is 1.79. The molecule has 178 valence electrons. The molecular formula is C23H15Cl2F5N2O2. The lowest BCUT2D eigenvalue weighted by atomic mass is 9.85. The Labute approximate surface area is 200 Å². The summed E-state index contributed by atoms with van der Waals surface area (Å²) in [6.07, 6.45) is -5.70. The number of nitrogens with one attached hydrogen (secondary N) is 1. The van der Waals surface area contributed by atoms with E-state index in [1.165, 1.54) is 12.1 Å². The van der Waals surface area contributed by atoms with Crippen molar-refractivity contribution in [1.29, 1.82) is 0 Å². The summed E-state index contributed by atoms with van der Waals surface area (Å²) in [5.41, 5.74) is -2.95. The molecule has 0 saturated heterocycles. The molecule has 1 heterocycles. The van der Waals surface area contributed by atoms with Crippen molar-refractivity contribution in [3.05, 3.63) is 81.1 Å². The first-order valence-electron chi connectivity index (χ1n) is 9.92. The maximum absolute atomic E-state index is 14.3. The summed E-state index contributed by atoms with van der Waals surface area (Å²) in [5, 5.41) is 5.87. The number of benzene rings is 3. The predicted octanol–water partition coefficient (Wildman–Crippen LogP) is 6.57. The van der Waals surface area contributed by atoms with Crippen LogP contribution in [0, 0.1) is 5.82 Å². The molecule has 4 rings (SSSR count). The zero-order valence-electron chi connectivity index (χ0n) is 17.1. The van der Waals surface area contributed by atoms with E-state index in [0.717, 1.165) is 12.1 Å². The number of oxime groups is 1. The molecule has 0 fully saturated rings. The summed E-state index contributed by atoms with van der Waals surface area (Å²) >= 11 is 11.5. The van der Waals surface area contributed by atoms with Gasteiger partial charge in [0.25, 0.3) is 11.5 Å². The van der Waals surface area contributed by atoms with E-state index in [0.29, 0.717) is 16.3 Å². The number of amides is 1. The molecule has 11 heteroatoms. The third kappa shape index (κ3) is 4.07. The largest absolute Gasteiger partial charge is 0.435 e. The van der Waals surface area contributed by atoms with Crippen LogP contribution in [0.2, 0.25) is 10.0 Å². The molecule has 1 N–H and O–H groups in total. The fourth-order valence-electron chi connectivity index (χ4n) is 3.84. The molecule has 1 unspecified atom stereocenters. The second-order valence-electron chi connectivity index (χ2n) is 7.54. The van der Waals surface area contributed by atoms with Gasteiger partial charge in [-0.25, -0.2) is 8.78 Å². The number of hydrogen-bond acceptors (Lipinski definition) is 3. The van der Waals surface area contributed by atoms with Crippen molar-refractivity contribution in [1.82, 2.24) is 5.32 Å². The number of fused-ring (bicyclic) bond motifs is 1. The van der Waals surface area contributed by atoms with Crippen LogP contribution in [-0.2, 0) is 10.4 Å². The zero-order chi connectivity index (χ0) is 24.7. The fourth-order valence-corrected chi connectivity index (χ4v) is 4.33. The van der Waals surface area contributed by atoms with Crippen LogP contribution in [0.3, 0.4) is 0 Å². The molecule has 0 bridgehead atoms. The first-order valence-corrected chi connectivity index (χ1v) is 10.7. The van der Waals surface area contributed by atoms with Gasteiger partial charge in [0, 0.05) is 29.7 Å². The van der Waals surface area contributed by atoms with Crippen LogP contribution in [0.25, 0.3) is 10.8 Å². The second kappa shape index (κ2) is 9.03. The Morgan fingerprint density at radius 1 is 1.09 bits per heavy atom. The SMILES string of the molecule is O=C(NCCF)c1ccc(C2=NOC(c3cc(Cl)c(F)c(Cl)c3)(C(F)(F)F)C2)c2ccccc12. The van der Waals surface area contributed by atoms with Crippen LogP contribution in [-0.4, -0.2) is 31.0 Å². The molecule has 3 aromatic rings. The van der Waals surface area contributed by atoms with E-state index in [2.05, 4.69) is 10.5 Å². The van der Waals surface area contributed by atoms with Gasteiger partial charge in [-0.15, -0.1) is 0 Å². The van der Waals surface area contributed by atoms with E-state index in [1.807, 2.05) is 0 Å². The Hall–Kier alpha value is -2.91. The van der Waals surface area contributed by atoms with Gasteiger partial charge >= 0.3 is 6.18 Å². The van der Waals surface area contributed by atoms with Gasteiger partial charge in [0.1, 0.15) is 6.67 Å². The van der Waals surface area contributed by atoms with Gasteiger partial charge in [-0.3, -0.25) is 4.79 Å². The Morgan fingerprint density at radius 2 is 1.74 bits per heavy atom. The minimum atomic E-state index is -4.95. The smallest absolute Gasteiger partial charge is 0.374 e. The van der Waals surface area contributed by atoms with Crippen LogP contribution in [0.5, 0.6) is 0 Å². The molecule has 34 heavy (non-hydrogen) atoms. The van der Waals surface area contributed by atoms with E-state index in [9.17, 15) is 26.7 Å². The maximum Gasteiger partial charge on any atom is 0.435 e. The summed E-state index contributed by atoms with van der Waals surface area (Å²) < 4.78 is 69.2. The summed E-state index contributed by atoms with van der Waals surface area (Å²) in [6.45, 7) is -0.917. The number of carbonyl (C=O) groups excluding carboxylic acids is 1. The Morgan fingerprint density at radius 3 is 2.35 bits per heavy atom. The summed E-state index contributed by atoms with van der Waals surface area (Å²) in [6, 6.07) is 11.1. The van der Waals surface area contributed by atoms with Gasteiger partial charge in [-0.1, -0.05) is 58.7 Å². The summed E-state index contributed by atoms with van der Waals surface area (Å²) in [4.78, 5) is 17.4. The van der Waals surface area contributed by atoms with Crippen LogP contribution in [0.4, 0.5) is 22.0 Å². The summed E-state index contributed by atoms with van der Waals surface area (Å²) in [7, 11) is 0. The lowest BCUT2D eigenvalue weighted by Crippen LogP contribution is -2.42. The van der Waals surface area contributed by atoms with E-state index in [4.69, 9.17) is 28.0 Å². The first kappa shape index (κ1) is 24.2. The number of alkyl halides is 4. The Kier molecular flexibility index (Phi) is 6.44. The molecular weight excluding hydrogens is 502 g/mol. The molecule has 4 nitrogen and oxygen atoms in total. The number of hydrogen-bond donors (Lipinski definition) is 1. The minimum absolute atomic E-state index is 0.0409. The highest BCUT2D eigenvalue weighted by Crippen LogP contribution is 2.50. The van der Waals surface area contributed by atoms with Gasteiger partial charge in [0.15, 0.2) is 5.82 Å². The first-order chi connectivity index (χ1) is 16.1. The van der Waals surface area contributed by atoms with Crippen LogP contribution < -0.4 is 5.32 Å². The molecule has 0 radical (unpaired) electrons. The van der Waals surface area contributed by atoms with Crippen molar-refractivity contribution in [3.63, 3.8) is 0 Å². The highest BCUT2D eigenvalue weighted by atomic mass is 35.5. The minimum Gasteiger partial charge on any atom is -0.374 e. The van der Waals surface area contributed by atoms with Crippen molar-refractivity contribution in [3.8, 4) is 0 Å². The lowest BCUT2D eigenvalue weighted by Gasteiger charge is -2.29. The highest BCUT2D eigenvalue weighted by molar-refractivity contribution is 6.35. The van der Waals surface area contributed by atoms with E-state index in [-0.39, 0.29) is 17.8 Å². The molecule has 3 aromatic carbocycles. The van der Waals surface area contributed by atoms with Crippen LogP contribution >= 0.6 is 23.2 Å². The van der Waals surface area contributed by atoms with Gasteiger partial charge < -0.3 is 10.2 Å². The average Bonchev–Trinajstić information content (AvgIpc) is 3.26. The van der Waals surface area contributed by atoms with Gasteiger partial charge in [-0.05, 0) is 29.0 Å². The molecule has 0 spiro atoms. The van der Waals surface area contributed by atoms with E-state index < -0.39 is 52.2 Å². The van der Waals surface area contributed by atoms with Gasteiger partial charge in [0.2, 0.25) is 0 Å². The maximum atomic E-state index is 14.3. The predicted molar refractivity (Wildman–Crippen MR) is 119 cm³/mol. The molecule has 0 aromatic heterocycles. The zero-order valence-corrected chi connectivity index (χ0v) is 18.7. The average molecular weight is 517 g/mol. The van der Waals surface area contributed by atoms with Crippen molar-refractivity contribution in [2.24, 2.45) is 5.16 Å². The Bertz CT molecular complexity index is 1290. The highest BCUT2D eigenvalue weighted by Gasteiger charge is 2.62. The van der Waals surface area contributed by atoms with Crippen molar-refractivity contribution in [2.45, 2.75) is 18.2 Å².